The van der Waals surface area contributed by atoms with Crippen LogP contribution in [0.1, 0.15) is 6.92 Å². The smallest absolute Gasteiger partial charge is 0.243 e. The molecule has 86 valence electrons. The zero-order chi connectivity index (χ0) is 9.56. The molecule has 0 aliphatic carbocycles. The van der Waals surface area contributed by atoms with Gasteiger partial charge in [0.2, 0.25) is 6.33 Å². The number of hydrogen-bond donors (Lipinski definition) is 1. The third-order valence-corrected chi connectivity index (χ3v) is 1.19. The summed E-state index contributed by atoms with van der Waals surface area (Å²) in [7, 11) is 8.27. The molecule has 0 aromatic carbocycles. The van der Waals surface area contributed by atoms with E-state index in [1.54, 1.807) is 0 Å². The first kappa shape index (κ1) is 19.3. The summed E-state index contributed by atoms with van der Waals surface area (Å²) < 4.78 is 4.16. The van der Waals surface area contributed by atoms with E-state index in [1.165, 1.54) is 4.90 Å². The van der Waals surface area contributed by atoms with Crippen molar-refractivity contribution < 1.29 is 34.3 Å². The van der Waals surface area contributed by atoms with Crippen molar-refractivity contribution in [2.75, 3.05) is 21.1 Å². The Bertz CT molecular complexity index is 209. The molecule has 1 rings (SSSR count). The Kier molecular flexibility index (Phi) is 15.0. The van der Waals surface area contributed by atoms with Gasteiger partial charge in [0.05, 0.1) is 34.7 Å². The van der Waals surface area contributed by atoms with E-state index in [1.807, 2.05) is 17.8 Å². The first-order valence-electron chi connectivity index (χ1n) is 4.34. The second-order valence-electron chi connectivity index (χ2n) is 3.41. The van der Waals surface area contributed by atoms with E-state index in [4.69, 9.17) is 0 Å². The zero-order valence-corrected chi connectivity index (χ0v) is 11.1. The summed E-state index contributed by atoms with van der Waals surface area (Å²) in [5.41, 5.74) is 0. The van der Waals surface area contributed by atoms with Gasteiger partial charge in [0.25, 0.3) is 0 Å². The van der Waals surface area contributed by atoms with Crippen molar-refractivity contribution in [3.63, 3.8) is 0 Å². The van der Waals surface area contributed by atoms with Gasteiger partial charge in [-0.3, -0.25) is 0 Å². The van der Waals surface area contributed by atoms with Crippen LogP contribution in [-0.4, -0.2) is 25.7 Å². The predicted octanol–water partition coefficient (Wildman–Crippen LogP) is -6.90. The van der Waals surface area contributed by atoms with Gasteiger partial charge in [0.15, 0.2) is 0 Å². The predicted molar refractivity (Wildman–Crippen MR) is 50.0 cm³/mol. The monoisotopic (exact) mass is 241 g/mol. The fraction of sp³-hybridized carbons (Fsp3) is 0.667. The van der Waals surface area contributed by atoms with Gasteiger partial charge in [0, 0.05) is 0 Å². The zero-order valence-electron chi connectivity index (χ0n) is 9.59. The first-order valence-corrected chi connectivity index (χ1v) is 4.34. The van der Waals surface area contributed by atoms with Crippen LogP contribution < -0.4 is 34.3 Å². The number of imidazole rings is 1. The van der Waals surface area contributed by atoms with Gasteiger partial charge in [-0.25, -0.2) is 9.13 Å². The van der Waals surface area contributed by atoms with Gasteiger partial charge in [-0.15, -0.1) is 0 Å². The second kappa shape index (κ2) is 10.8. The average molecular weight is 242 g/mol. The molecular formula is C9H21Cl2N3. The van der Waals surface area contributed by atoms with Gasteiger partial charge in [-0.05, 0) is 6.92 Å². The number of nitrogens with zero attached hydrogens (tertiary/aromatic N) is 2. The molecule has 0 aliphatic rings. The summed E-state index contributed by atoms with van der Waals surface area (Å²) in [6.07, 6.45) is 6.14. The highest BCUT2D eigenvalue weighted by Crippen LogP contribution is 1.79. The van der Waals surface area contributed by atoms with Crippen molar-refractivity contribution in [2.24, 2.45) is 7.05 Å². The summed E-state index contributed by atoms with van der Waals surface area (Å²) in [5.74, 6) is 0. The normalized spacial score (nSPS) is 8.14. The molecule has 0 amide bonds. The summed E-state index contributed by atoms with van der Waals surface area (Å²) in [4.78, 5) is 1.42. The Labute approximate surface area is 99.5 Å². The van der Waals surface area contributed by atoms with Crippen LogP contribution in [-0.2, 0) is 13.6 Å². The molecule has 5 heteroatoms. The SMILES string of the molecule is CCn1cc[n+](C)c1.C[NH+](C)C.[Cl-].[Cl-]. The van der Waals surface area contributed by atoms with E-state index in [2.05, 4.69) is 45.2 Å². The molecule has 0 spiro atoms. The Hall–Kier alpha value is -0.250. The van der Waals surface area contributed by atoms with Crippen LogP contribution in [0.5, 0.6) is 0 Å². The van der Waals surface area contributed by atoms with Gasteiger partial charge >= 0.3 is 0 Å². The molecule has 1 heterocycles. The molecule has 3 nitrogen and oxygen atoms in total. The highest BCUT2D eigenvalue weighted by molar-refractivity contribution is 4.63. The maximum atomic E-state index is 2.12. The van der Waals surface area contributed by atoms with Crippen LogP contribution >= 0.6 is 0 Å². The molecule has 0 radical (unpaired) electrons. The van der Waals surface area contributed by atoms with E-state index >= 15 is 0 Å². The van der Waals surface area contributed by atoms with E-state index in [-0.39, 0.29) is 24.8 Å². The number of halogens is 2. The van der Waals surface area contributed by atoms with Crippen LogP contribution in [0.2, 0.25) is 0 Å². The average Bonchev–Trinajstić information content (AvgIpc) is 2.34. The summed E-state index contributed by atoms with van der Waals surface area (Å²) in [6.45, 7) is 3.18. The van der Waals surface area contributed by atoms with Crippen molar-refractivity contribution in [3.8, 4) is 0 Å². The van der Waals surface area contributed by atoms with E-state index in [0.29, 0.717) is 0 Å². The molecule has 14 heavy (non-hydrogen) atoms. The molecule has 0 bridgehead atoms. The minimum Gasteiger partial charge on any atom is -1.00 e. The summed E-state index contributed by atoms with van der Waals surface area (Å²) in [5, 5.41) is 0. The minimum absolute atomic E-state index is 0. The first-order chi connectivity index (χ1) is 5.56. The third-order valence-electron chi connectivity index (χ3n) is 1.19. The Morgan fingerprint density at radius 1 is 1.21 bits per heavy atom. The highest BCUT2D eigenvalue weighted by atomic mass is 35.5. The molecule has 0 unspecified atom stereocenters. The molecule has 0 saturated carbocycles. The van der Waals surface area contributed by atoms with Crippen LogP contribution in [0.3, 0.4) is 0 Å². The van der Waals surface area contributed by atoms with Crippen molar-refractivity contribution in [2.45, 2.75) is 13.5 Å². The standard InChI is InChI=1S/C6H11N2.C3H9N.2ClH/c1-3-8-5-4-7(2)6-8;1-4(2)3;;/h4-6H,3H2,1-2H3;1-3H3;2*1H/q+1;;;/p-1. The Morgan fingerprint density at radius 2 is 1.64 bits per heavy atom. The number of nitrogens with one attached hydrogen (secondary N) is 1. The van der Waals surface area contributed by atoms with Crippen molar-refractivity contribution in [1.29, 1.82) is 0 Å². The lowest BCUT2D eigenvalue weighted by Gasteiger charge is -1.88. The molecule has 0 fully saturated rings. The van der Waals surface area contributed by atoms with Gasteiger partial charge in [-0.1, -0.05) is 0 Å². The molecule has 1 N–H and O–H groups in total. The lowest BCUT2D eigenvalue weighted by molar-refractivity contribution is -0.836. The highest BCUT2D eigenvalue weighted by Gasteiger charge is 1.92. The largest absolute Gasteiger partial charge is 1.00 e. The number of aryl methyl sites for hydroxylation is 2. The minimum atomic E-state index is 0. The lowest BCUT2D eigenvalue weighted by Crippen LogP contribution is -3.02. The Morgan fingerprint density at radius 3 is 1.79 bits per heavy atom. The van der Waals surface area contributed by atoms with Crippen molar-refractivity contribution in [1.82, 2.24) is 4.57 Å². The van der Waals surface area contributed by atoms with Gasteiger partial charge < -0.3 is 29.7 Å². The quantitative estimate of drug-likeness (QED) is 0.470. The fourth-order valence-corrected chi connectivity index (χ4v) is 0.689. The van der Waals surface area contributed by atoms with Crippen LogP contribution in [0.25, 0.3) is 0 Å². The molecular weight excluding hydrogens is 221 g/mol. The van der Waals surface area contributed by atoms with Gasteiger partial charge in [0.1, 0.15) is 12.4 Å². The maximum Gasteiger partial charge on any atom is 0.243 e. The van der Waals surface area contributed by atoms with E-state index in [0.717, 1.165) is 6.54 Å². The Balaban J connectivity index is -0.000000180. The number of quaternary nitrogens is 1. The van der Waals surface area contributed by atoms with Crippen LogP contribution in [0.15, 0.2) is 18.7 Å². The second-order valence-corrected chi connectivity index (χ2v) is 3.41. The number of aromatic nitrogens is 2. The molecule has 1 aromatic heterocycles. The van der Waals surface area contributed by atoms with Crippen molar-refractivity contribution in [3.05, 3.63) is 18.7 Å². The number of rotatable bonds is 1. The number of hydrogen-bond acceptors (Lipinski definition) is 0. The van der Waals surface area contributed by atoms with Gasteiger partial charge in [-0.2, -0.15) is 0 Å². The van der Waals surface area contributed by atoms with Crippen molar-refractivity contribution >= 4 is 0 Å². The van der Waals surface area contributed by atoms with E-state index < -0.39 is 0 Å². The third kappa shape index (κ3) is 11.8. The molecule has 0 atom stereocenters. The van der Waals surface area contributed by atoms with E-state index in [9.17, 15) is 0 Å². The van der Waals surface area contributed by atoms with Crippen LogP contribution in [0.4, 0.5) is 0 Å². The maximum absolute atomic E-state index is 2.12. The fourth-order valence-electron chi connectivity index (χ4n) is 0.689. The molecule has 0 aliphatic heterocycles. The molecule has 0 saturated heterocycles. The van der Waals surface area contributed by atoms with Crippen LogP contribution in [0, 0.1) is 0 Å². The lowest BCUT2D eigenvalue weighted by atomic mass is 10.7. The summed E-state index contributed by atoms with van der Waals surface area (Å²) >= 11 is 0. The summed E-state index contributed by atoms with van der Waals surface area (Å²) in [6, 6.07) is 0. The topological polar surface area (TPSA) is 13.2 Å². The molecule has 1 aromatic rings.